The number of hydrogen-bond donors (Lipinski definition) is 2. The number of aromatic nitrogens is 1. The van der Waals surface area contributed by atoms with E-state index in [2.05, 4.69) is 20.5 Å². The van der Waals surface area contributed by atoms with Crippen LogP contribution < -0.4 is 15.5 Å². The van der Waals surface area contributed by atoms with Gasteiger partial charge in [-0.15, -0.1) is 0 Å². The highest BCUT2D eigenvalue weighted by Crippen LogP contribution is 2.30. The molecule has 4 rings (SSSR count). The first-order chi connectivity index (χ1) is 17.3. The number of nitrogens with zero attached hydrogens (tertiary/aromatic N) is 2. The summed E-state index contributed by atoms with van der Waals surface area (Å²) in [6, 6.07) is 14.4. The molecule has 10 heteroatoms. The zero-order valence-corrected chi connectivity index (χ0v) is 19.1. The molecule has 1 aromatic heterocycles. The summed E-state index contributed by atoms with van der Waals surface area (Å²) in [4.78, 5) is 31.3. The molecule has 0 radical (unpaired) electrons. The van der Waals surface area contributed by atoms with E-state index in [1.54, 1.807) is 24.4 Å². The summed E-state index contributed by atoms with van der Waals surface area (Å²) >= 11 is 0. The number of amides is 2. The molecule has 2 heterocycles. The van der Waals surface area contributed by atoms with Gasteiger partial charge >= 0.3 is 6.18 Å². The maximum absolute atomic E-state index is 12.9. The molecule has 0 atom stereocenters. The van der Waals surface area contributed by atoms with Gasteiger partial charge in [-0.2, -0.15) is 13.2 Å². The van der Waals surface area contributed by atoms with E-state index in [0.717, 1.165) is 30.9 Å². The van der Waals surface area contributed by atoms with Crippen molar-refractivity contribution in [2.45, 2.75) is 6.18 Å². The number of carbonyl (C=O) groups excluding carboxylic acids is 2. The number of carbonyl (C=O) groups is 2. The number of benzene rings is 2. The Labute approximate surface area is 205 Å². The minimum absolute atomic E-state index is 0.0299. The number of hydrogen-bond acceptors (Lipinski definition) is 5. The second-order valence-electron chi connectivity index (χ2n) is 7.98. The maximum Gasteiger partial charge on any atom is 0.416 e. The van der Waals surface area contributed by atoms with Crippen molar-refractivity contribution in [3.8, 4) is 0 Å². The van der Waals surface area contributed by atoms with Crippen LogP contribution in [0, 0.1) is 0 Å². The zero-order valence-electron chi connectivity index (χ0n) is 19.1. The number of pyridine rings is 1. The predicted molar refractivity (Wildman–Crippen MR) is 131 cm³/mol. The predicted octanol–water partition coefficient (Wildman–Crippen LogP) is 4.84. The Bertz CT molecular complexity index is 1250. The molecule has 0 aliphatic carbocycles. The maximum atomic E-state index is 12.9. The van der Waals surface area contributed by atoms with Crippen LogP contribution in [-0.2, 0) is 15.7 Å². The van der Waals surface area contributed by atoms with Gasteiger partial charge in [-0.3, -0.25) is 9.59 Å². The third-order valence-electron chi connectivity index (χ3n) is 5.40. The van der Waals surface area contributed by atoms with E-state index in [9.17, 15) is 22.8 Å². The standard InChI is InChI=1S/C26H23F3N4O3/c27-26(28,29)20-5-2-6-21(16-20)31-25(35)19-4-1-3-18(15-19)7-10-24(34)32-23-9-8-22(17-30-23)33-11-13-36-14-12-33/h1-10,15-17H,11-14H2,(H,31,35)(H,30,32,34). The lowest BCUT2D eigenvalue weighted by molar-refractivity contribution is -0.137. The average molecular weight is 496 g/mol. The Morgan fingerprint density at radius 3 is 2.47 bits per heavy atom. The molecule has 0 spiro atoms. The molecule has 1 aliphatic heterocycles. The molecule has 0 bridgehead atoms. The highest BCUT2D eigenvalue weighted by molar-refractivity contribution is 6.05. The Balaban J connectivity index is 1.35. The van der Waals surface area contributed by atoms with Crippen LogP contribution in [0.25, 0.3) is 6.08 Å². The number of ether oxygens (including phenoxy) is 1. The number of morpholine rings is 1. The van der Waals surface area contributed by atoms with Gasteiger partial charge in [0.05, 0.1) is 30.7 Å². The second-order valence-corrected chi connectivity index (χ2v) is 7.98. The zero-order chi connectivity index (χ0) is 25.5. The highest BCUT2D eigenvalue weighted by atomic mass is 19.4. The Morgan fingerprint density at radius 2 is 1.75 bits per heavy atom. The van der Waals surface area contributed by atoms with E-state index >= 15 is 0 Å². The Kier molecular flexibility index (Phi) is 7.65. The van der Waals surface area contributed by atoms with Crippen LogP contribution in [0.3, 0.4) is 0 Å². The number of alkyl halides is 3. The quantitative estimate of drug-likeness (QED) is 0.477. The molecule has 1 aliphatic rings. The van der Waals surface area contributed by atoms with Crippen molar-refractivity contribution in [1.82, 2.24) is 4.98 Å². The topological polar surface area (TPSA) is 83.6 Å². The Hall–Kier alpha value is -4.18. The van der Waals surface area contributed by atoms with E-state index in [1.165, 1.54) is 36.4 Å². The Morgan fingerprint density at radius 1 is 0.972 bits per heavy atom. The lowest BCUT2D eigenvalue weighted by Gasteiger charge is -2.28. The molecule has 2 aromatic carbocycles. The molecular weight excluding hydrogens is 473 g/mol. The summed E-state index contributed by atoms with van der Waals surface area (Å²) in [6.45, 7) is 2.90. The number of halogens is 3. The monoisotopic (exact) mass is 496 g/mol. The fourth-order valence-corrected chi connectivity index (χ4v) is 3.57. The van der Waals surface area contributed by atoms with Gasteiger partial charge in [-0.25, -0.2) is 4.98 Å². The van der Waals surface area contributed by atoms with E-state index in [-0.39, 0.29) is 11.3 Å². The van der Waals surface area contributed by atoms with Crippen LogP contribution in [0.2, 0.25) is 0 Å². The van der Waals surface area contributed by atoms with Gasteiger partial charge in [0.15, 0.2) is 0 Å². The summed E-state index contributed by atoms with van der Waals surface area (Å²) in [5, 5.41) is 5.14. The first-order valence-electron chi connectivity index (χ1n) is 11.1. The average Bonchev–Trinajstić information content (AvgIpc) is 2.88. The summed E-state index contributed by atoms with van der Waals surface area (Å²) in [7, 11) is 0. The molecule has 0 unspecified atom stereocenters. The normalized spacial score (nSPS) is 14.0. The molecule has 7 nitrogen and oxygen atoms in total. The van der Waals surface area contributed by atoms with E-state index in [4.69, 9.17) is 4.74 Å². The molecular formula is C26H23F3N4O3. The minimum Gasteiger partial charge on any atom is -0.378 e. The first-order valence-corrected chi connectivity index (χ1v) is 11.1. The van der Waals surface area contributed by atoms with Crippen LogP contribution in [0.15, 0.2) is 72.9 Å². The number of anilines is 3. The molecule has 0 saturated carbocycles. The van der Waals surface area contributed by atoms with Crippen molar-refractivity contribution in [3.63, 3.8) is 0 Å². The smallest absolute Gasteiger partial charge is 0.378 e. The van der Waals surface area contributed by atoms with Crippen LogP contribution in [0.5, 0.6) is 0 Å². The number of rotatable bonds is 6. The highest BCUT2D eigenvalue weighted by Gasteiger charge is 2.30. The van der Waals surface area contributed by atoms with Crippen LogP contribution in [-0.4, -0.2) is 43.1 Å². The fourth-order valence-electron chi connectivity index (χ4n) is 3.57. The van der Waals surface area contributed by atoms with Crippen molar-refractivity contribution in [1.29, 1.82) is 0 Å². The molecule has 2 amide bonds. The van der Waals surface area contributed by atoms with Crippen LogP contribution >= 0.6 is 0 Å². The lowest BCUT2D eigenvalue weighted by atomic mass is 10.1. The second kappa shape index (κ2) is 11.0. The van der Waals surface area contributed by atoms with Gasteiger partial charge in [0, 0.05) is 30.4 Å². The molecule has 186 valence electrons. The van der Waals surface area contributed by atoms with Gasteiger partial charge < -0.3 is 20.3 Å². The SMILES string of the molecule is O=C(C=Cc1cccc(C(=O)Nc2cccc(C(F)(F)F)c2)c1)Nc1ccc(N2CCOCC2)cn1. The fraction of sp³-hybridized carbons (Fsp3) is 0.192. The van der Waals surface area contributed by atoms with Crippen LogP contribution in [0.4, 0.5) is 30.4 Å². The van der Waals surface area contributed by atoms with Crippen molar-refractivity contribution < 1.29 is 27.5 Å². The molecule has 1 fully saturated rings. The van der Waals surface area contributed by atoms with Gasteiger partial charge in [0.1, 0.15) is 5.82 Å². The van der Waals surface area contributed by atoms with Crippen molar-refractivity contribution in [3.05, 3.63) is 89.6 Å². The third-order valence-corrected chi connectivity index (χ3v) is 5.40. The molecule has 2 N–H and O–H groups in total. The number of nitrogens with one attached hydrogen (secondary N) is 2. The van der Waals surface area contributed by atoms with E-state index < -0.39 is 23.6 Å². The molecule has 1 saturated heterocycles. The van der Waals surface area contributed by atoms with Crippen molar-refractivity contribution >= 4 is 35.1 Å². The van der Waals surface area contributed by atoms with Gasteiger partial charge in [-0.05, 0) is 54.1 Å². The van der Waals surface area contributed by atoms with Gasteiger partial charge in [-0.1, -0.05) is 18.2 Å². The first kappa shape index (κ1) is 24.9. The van der Waals surface area contributed by atoms with E-state index in [0.29, 0.717) is 24.6 Å². The van der Waals surface area contributed by atoms with Crippen molar-refractivity contribution in [2.24, 2.45) is 0 Å². The molecule has 3 aromatic rings. The summed E-state index contributed by atoms with van der Waals surface area (Å²) in [6.07, 6.45) is 0.0172. The largest absolute Gasteiger partial charge is 0.416 e. The summed E-state index contributed by atoms with van der Waals surface area (Å²) in [5.41, 5.74) is 0.926. The third kappa shape index (κ3) is 6.70. The van der Waals surface area contributed by atoms with E-state index in [1.807, 2.05) is 6.07 Å². The summed E-state index contributed by atoms with van der Waals surface area (Å²) < 4.78 is 44.0. The van der Waals surface area contributed by atoms with Crippen LogP contribution in [0.1, 0.15) is 21.5 Å². The van der Waals surface area contributed by atoms with Gasteiger partial charge in [0.25, 0.3) is 5.91 Å². The molecule has 36 heavy (non-hydrogen) atoms. The summed E-state index contributed by atoms with van der Waals surface area (Å²) in [5.74, 6) is -0.574. The minimum atomic E-state index is -4.51. The van der Waals surface area contributed by atoms with Crippen molar-refractivity contribution in [2.75, 3.05) is 41.8 Å². The lowest BCUT2D eigenvalue weighted by Crippen LogP contribution is -2.36. The van der Waals surface area contributed by atoms with Gasteiger partial charge in [0.2, 0.25) is 5.91 Å².